The normalized spacial score (nSPS) is 18.0. The molecule has 1 aliphatic rings. The summed E-state index contributed by atoms with van der Waals surface area (Å²) >= 11 is 3.39. The molecule has 0 aromatic carbocycles. The quantitative estimate of drug-likeness (QED) is 0.633. The average molecular weight is 201 g/mol. The molecule has 0 unspecified atom stereocenters. The molecule has 0 aliphatic heterocycles. The van der Waals surface area contributed by atoms with E-state index >= 15 is 0 Å². The Labute approximate surface area is 69.2 Å². The largest absolute Gasteiger partial charge is 0.496 e. The Kier molecular flexibility index (Phi) is 2.33. The smallest absolute Gasteiger partial charge is 0.121 e. The van der Waals surface area contributed by atoms with Crippen molar-refractivity contribution in [1.29, 1.82) is 0 Å². The second kappa shape index (κ2) is 3.06. The van der Waals surface area contributed by atoms with Crippen molar-refractivity contribution in [3.05, 3.63) is 34.5 Å². The number of rotatable bonds is 1. The van der Waals surface area contributed by atoms with E-state index in [1.807, 2.05) is 12.2 Å². The van der Waals surface area contributed by atoms with Crippen molar-refractivity contribution in [2.45, 2.75) is 6.42 Å². The van der Waals surface area contributed by atoms with Gasteiger partial charge in [-0.05, 0) is 16.6 Å². The molecular weight excluding hydrogens is 192 g/mol. The Morgan fingerprint density at radius 1 is 1.70 bits per heavy atom. The molecule has 10 heavy (non-hydrogen) atoms. The average Bonchev–Trinajstić information content (AvgIpc) is 1.88. The zero-order chi connectivity index (χ0) is 7.56. The number of hydrogen-bond acceptors (Lipinski definition) is 1. The first kappa shape index (κ1) is 7.61. The Bertz CT molecular complexity index is 213. The Morgan fingerprint density at radius 2 is 2.40 bits per heavy atom. The second-order valence-corrected chi connectivity index (χ2v) is 3.11. The minimum absolute atomic E-state index is 0.878. The van der Waals surface area contributed by atoms with Crippen molar-refractivity contribution in [2.24, 2.45) is 0 Å². The summed E-state index contributed by atoms with van der Waals surface area (Å²) in [6.45, 7) is 3.82. The van der Waals surface area contributed by atoms with Crippen LogP contribution < -0.4 is 0 Å². The molecule has 0 bridgehead atoms. The van der Waals surface area contributed by atoms with Gasteiger partial charge in [0.15, 0.2) is 0 Å². The van der Waals surface area contributed by atoms with Crippen molar-refractivity contribution >= 4 is 15.9 Å². The lowest BCUT2D eigenvalue weighted by atomic mass is 10.1. The highest BCUT2D eigenvalue weighted by molar-refractivity contribution is 9.11. The molecular formula is C8H9BrO. The maximum Gasteiger partial charge on any atom is 0.121 e. The van der Waals surface area contributed by atoms with Gasteiger partial charge in [0.2, 0.25) is 0 Å². The summed E-state index contributed by atoms with van der Waals surface area (Å²) in [5.41, 5.74) is 0.931. The van der Waals surface area contributed by atoms with E-state index in [4.69, 9.17) is 4.74 Å². The molecule has 0 radical (unpaired) electrons. The molecule has 0 aromatic heterocycles. The zero-order valence-electron chi connectivity index (χ0n) is 5.86. The van der Waals surface area contributed by atoms with Gasteiger partial charge >= 0.3 is 0 Å². The van der Waals surface area contributed by atoms with Crippen LogP contribution in [0.25, 0.3) is 0 Å². The van der Waals surface area contributed by atoms with Gasteiger partial charge in [0.05, 0.1) is 7.11 Å². The van der Waals surface area contributed by atoms with Crippen molar-refractivity contribution in [3.8, 4) is 0 Å². The summed E-state index contributed by atoms with van der Waals surface area (Å²) in [4.78, 5) is 0. The maximum atomic E-state index is 5.05. The third-order valence-corrected chi connectivity index (χ3v) is 1.90. The molecule has 0 heterocycles. The van der Waals surface area contributed by atoms with Gasteiger partial charge in [-0.3, -0.25) is 0 Å². The predicted octanol–water partition coefficient (Wildman–Crippen LogP) is 2.76. The number of allylic oxidation sites excluding steroid dienone is 3. The summed E-state index contributed by atoms with van der Waals surface area (Å²) < 4.78 is 6.20. The van der Waals surface area contributed by atoms with Crippen LogP contribution in [0.15, 0.2) is 34.5 Å². The Hall–Kier alpha value is -0.500. The van der Waals surface area contributed by atoms with E-state index in [0.717, 1.165) is 22.2 Å². The van der Waals surface area contributed by atoms with E-state index in [1.54, 1.807) is 7.11 Å². The van der Waals surface area contributed by atoms with Crippen molar-refractivity contribution in [1.82, 2.24) is 0 Å². The highest BCUT2D eigenvalue weighted by Crippen LogP contribution is 2.24. The lowest BCUT2D eigenvalue weighted by Gasteiger charge is -2.10. The predicted molar refractivity (Wildman–Crippen MR) is 45.9 cm³/mol. The van der Waals surface area contributed by atoms with Gasteiger partial charge in [0, 0.05) is 12.0 Å². The highest BCUT2D eigenvalue weighted by Gasteiger charge is 2.05. The lowest BCUT2D eigenvalue weighted by Crippen LogP contribution is -1.93. The molecule has 0 aromatic rings. The standard InChI is InChI=1S/C8H9BrO/c1-6-5-7(9)3-4-8(6)10-2/h4-5H,1,3H2,2H3. The van der Waals surface area contributed by atoms with Crippen LogP contribution in [0.5, 0.6) is 0 Å². The number of ether oxygens (including phenoxy) is 1. The fourth-order valence-corrected chi connectivity index (χ4v) is 1.29. The first-order valence-electron chi connectivity index (χ1n) is 3.03. The van der Waals surface area contributed by atoms with Gasteiger partial charge in [-0.25, -0.2) is 0 Å². The highest BCUT2D eigenvalue weighted by atomic mass is 79.9. The molecule has 0 fully saturated rings. The van der Waals surface area contributed by atoms with E-state index in [9.17, 15) is 0 Å². The summed E-state index contributed by atoms with van der Waals surface area (Å²) in [6.07, 6.45) is 4.88. The Morgan fingerprint density at radius 3 is 2.90 bits per heavy atom. The second-order valence-electron chi connectivity index (χ2n) is 2.09. The fraction of sp³-hybridized carbons (Fsp3) is 0.250. The molecule has 54 valence electrons. The molecule has 1 nitrogen and oxygen atoms in total. The number of methoxy groups -OCH3 is 1. The molecule has 0 atom stereocenters. The van der Waals surface area contributed by atoms with Crippen LogP contribution in [0.4, 0.5) is 0 Å². The zero-order valence-corrected chi connectivity index (χ0v) is 7.44. The number of hydrogen-bond donors (Lipinski definition) is 0. The van der Waals surface area contributed by atoms with Crippen LogP contribution in [0.2, 0.25) is 0 Å². The van der Waals surface area contributed by atoms with E-state index in [1.165, 1.54) is 0 Å². The Balaban J connectivity index is 2.76. The molecule has 0 amide bonds. The van der Waals surface area contributed by atoms with Gasteiger partial charge in [0.25, 0.3) is 0 Å². The van der Waals surface area contributed by atoms with Crippen LogP contribution in [0, 0.1) is 0 Å². The van der Waals surface area contributed by atoms with E-state index in [2.05, 4.69) is 22.5 Å². The summed E-state index contributed by atoms with van der Waals surface area (Å²) in [5.74, 6) is 0.878. The minimum atomic E-state index is 0.878. The molecule has 0 saturated heterocycles. The van der Waals surface area contributed by atoms with E-state index in [0.29, 0.717) is 0 Å². The number of halogens is 1. The van der Waals surface area contributed by atoms with Crippen molar-refractivity contribution < 1.29 is 4.74 Å². The molecule has 2 heteroatoms. The van der Waals surface area contributed by atoms with Crippen LogP contribution in [0.3, 0.4) is 0 Å². The van der Waals surface area contributed by atoms with Gasteiger partial charge < -0.3 is 4.74 Å². The maximum absolute atomic E-state index is 5.05. The van der Waals surface area contributed by atoms with Crippen LogP contribution >= 0.6 is 15.9 Å². The van der Waals surface area contributed by atoms with E-state index < -0.39 is 0 Å². The van der Waals surface area contributed by atoms with E-state index in [-0.39, 0.29) is 0 Å². The lowest BCUT2D eigenvalue weighted by molar-refractivity contribution is 0.301. The third kappa shape index (κ3) is 1.51. The third-order valence-electron chi connectivity index (χ3n) is 1.35. The molecule has 0 saturated carbocycles. The molecule has 0 N–H and O–H groups in total. The van der Waals surface area contributed by atoms with Gasteiger partial charge in [-0.15, -0.1) is 0 Å². The van der Waals surface area contributed by atoms with Crippen LogP contribution in [-0.2, 0) is 4.74 Å². The van der Waals surface area contributed by atoms with Crippen LogP contribution in [0.1, 0.15) is 6.42 Å². The first-order valence-corrected chi connectivity index (χ1v) is 3.83. The first-order chi connectivity index (χ1) is 4.74. The summed E-state index contributed by atoms with van der Waals surface area (Å²) in [7, 11) is 1.66. The van der Waals surface area contributed by atoms with Gasteiger partial charge in [0.1, 0.15) is 5.76 Å². The summed E-state index contributed by atoms with van der Waals surface area (Å²) in [6, 6.07) is 0. The van der Waals surface area contributed by atoms with Crippen molar-refractivity contribution in [2.75, 3.05) is 7.11 Å². The molecule has 1 aliphatic carbocycles. The fourth-order valence-electron chi connectivity index (χ4n) is 0.855. The van der Waals surface area contributed by atoms with Gasteiger partial charge in [-0.1, -0.05) is 22.5 Å². The van der Waals surface area contributed by atoms with Crippen LogP contribution in [-0.4, -0.2) is 7.11 Å². The van der Waals surface area contributed by atoms with Gasteiger partial charge in [-0.2, -0.15) is 0 Å². The minimum Gasteiger partial charge on any atom is -0.496 e. The summed E-state index contributed by atoms with van der Waals surface area (Å²) in [5, 5.41) is 0. The molecule has 0 spiro atoms. The SMILES string of the molecule is C=C1C=C(Br)CC=C1OC. The topological polar surface area (TPSA) is 9.23 Å². The monoisotopic (exact) mass is 200 g/mol. The molecule has 1 rings (SSSR count). The van der Waals surface area contributed by atoms with Crippen molar-refractivity contribution in [3.63, 3.8) is 0 Å².